The van der Waals surface area contributed by atoms with Crippen LogP contribution in [0.1, 0.15) is 59.3 Å². The van der Waals surface area contributed by atoms with E-state index in [4.69, 9.17) is 0 Å². The maximum absolute atomic E-state index is 3.87. The van der Waals surface area contributed by atoms with Crippen molar-refractivity contribution in [3.63, 3.8) is 0 Å². The maximum Gasteiger partial charge on any atom is -0.00217 e. The average molecular weight is 239 g/mol. The standard InChI is InChI=1S/C16H33N/c1-6-8-9-10-13-17(5)14-11-12-16(4)15(3)7-2/h7,15-16H,2,6,8-14H2,1,3-5H3. The van der Waals surface area contributed by atoms with Gasteiger partial charge in [0.05, 0.1) is 0 Å². The predicted octanol–water partition coefficient (Wildman–Crippen LogP) is 4.74. The molecule has 0 rings (SSSR count). The van der Waals surface area contributed by atoms with Gasteiger partial charge >= 0.3 is 0 Å². The largest absolute Gasteiger partial charge is 0.306 e. The van der Waals surface area contributed by atoms with E-state index in [1.165, 1.54) is 51.6 Å². The van der Waals surface area contributed by atoms with Crippen molar-refractivity contribution in [1.29, 1.82) is 0 Å². The molecular weight excluding hydrogens is 206 g/mol. The van der Waals surface area contributed by atoms with E-state index in [0.717, 1.165) is 5.92 Å². The highest BCUT2D eigenvalue weighted by molar-refractivity contribution is 4.79. The topological polar surface area (TPSA) is 3.24 Å². The third-order valence-corrected chi connectivity index (χ3v) is 3.86. The zero-order valence-corrected chi connectivity index (χ0v) is 12.5. The SMILES string of the molecule is C=CC(C)C(C)CCCN(C)CCCCCC. The molecule has 0 N–H and O–H groups in total. The zero-order valence-electron chi connectivity index (χ0n) is 12.5. The maximum atomic E-state index is 3.87. The fourth-order valence-electron chi connectivity index (χ4n) is 2.10. The lowest BCUT2D eigenvalue weighted by atomic mass is 9.92. The summed E-state index contributed by atoms with van der Waals surface area (Å²) < 4.78 is 0. The minimum atomic E-state index is 0.657. The molecule has 0 aliphatic carbocycles. The van der Waals surface area contributed by atoms with Gasteiger partial charge in [0, 0.05) is 0 Å². The monoisotopic (exact) mass is 239 g/mol. The molecule has 0 radical (unpaired) electrons. The first-order chi connectivity index (χ1) is 8.11. The van der Waals surface area contributed by atoms with Crippen LogP contribution in [0.2, 0.25) is 0 Å². The van der Waals surface area contributed by atoms with Crippen LogP contribution in [-0.4, -0.2) is 25.0 Å². The second-order valence-electron chi connectivity index (χ2n) is 5.58. The summed E-state index contributed by atoms with van der Waals surface area (Å²) in [6.07, 6.45) is 10.2. The molecule has 0 aromatic rings. The van der Waals surface area contributed by atoms with Crippen LogP contribution in [0.4, 0.5) is 0 Å². The smallest absolute Gasteiger partial charge is 0.00217 e. The second-order valence-corrected chi connectivity index (χ2v) is 5.58. The molecule has 0 bridgehead atoms. The van der Waals surface area contributed by atoms with Crippen molar-refractivity contribution >= 4 is 0 Å². The molecule has 0 fully saturated rings. The molecule has 0 aliphatic rings. The van der Waals surface area contributed by atoms with Crippen molar-refractivity contribution in [2.75, 3.05) is 20.1 Å². The zero-order chi connectivity index (χ0) is 13.1. The van der Waals surface area contributed by atoms with E-state index in [0.29, 0.717) is 5.92 Å². The number of rotatable bonds is 11. The van der Waals surface area contributed by atoms with Crippen molar-refractivity contribution < 1.29 is 0 Å². The summed E-state index contributed by atoms with van der Waals surface area (Å²) in [5.41, 5.74) is 0. The third kappa shape index (κ3) is 9.41. The second kappa shape index (κ2) is 10.8. The third-order valence-electron chi connectivity index (χ3n) is 3.86. The van der Waals surface area contributed by atoms with Crippen LogP contribution >= 0.6 is 0 Å². The first-order valence-corrected chi connectivity index (χ1v) is 7.42. The summed E-state index contributed by atoms with van der Waals surface area (Å²) in [6, 6.07) is 0. The fraction of sp³-hybridized carbons (Fsp3) is 0.875. The van der Waals surface area contributed by atoms with E-state index in [2.05, 4.69) is 45.4 Å². The molecule has 17 heavy (non-hydrogen) atoms. The number of unbranched alkanes of at least 4 members (excludes halogenated alkanes) is 3. The fourth-order valence-corrected chi connectivity index (χ4v) is 2.10. The van der Waals surface area contributed by atoms with Crippen molar-refractivity contribution in [1.82, 2.24) is 4.90 Å². The van der Waals surface area contributed by atoms with Gasteiger partial charge in [-0.3, -0.25) is 0 Å². The van der Waals surface area contributed by atoms with E-state index in [9.17, 15) is 0 Å². The minimum absolute atomic E-state index is 0.657. The predicted molar refractivity (Wildman–Crippen MR) is 79.4 cm³/mol. The van der Waals surface area contributed by atoms with Crippen LogP contribution in [0.5, 0.6) is 0 Å². The summed E-state index contributed by atoms with van der Waals surface area (Å²) in [5.74, 6) is 1.44. The summed E-state index contributed by atoms with van der Waals surface area (Å²) in [4.78, 5) is 2.49. The molecule has 102 valence electrons. The Balaban J connectivity index is 3.43. The van der Waals surface area contributed by atoms with Gasteiger partial charge in [0.1, 0.15) is 0 Å². The van der Waals surface area contributed by atoms with E-state index in [-0.39, 0.29) is 0 Å². The average Bonchev–Trinajstić information content (AvgIpc) is 2.33. The molecule has 0 aromatic heterocycles. The Labute approximate surface area is 109 Å². The Morgan fingerprint density at radius 2 is 1.71 bits per heavy atom. The van der Waals surface area contributed by atoms with Crippen LogP contribution in [0, 0.1) is 11.8 Å². The van der Waals surface area contributed by atoms with Crippen LogP contribution in [0.25, 0.3) is 0 Å². The number of hydrogen-bond donors (Lipinski definition) is 0. The molecule has 0 aromatic carbocycles. The summed E-state index contributed by atoms with van der Waals surface area (Å²) in [6.45, 7) is 13.3. The van der Waals surface area contributed by atoms with E-state index in [1.54, 1.807) is 0 Å². The van der Waals surface area contributed by atoms with E-state index < -0.39 is 0 Å². The van der Waals surface area contributed by atoms with Gasteiger partial charge in [-0.15, -0.1) is 6.58 Å². The van der Waals surface area contributed by atoms with E-state index in [1.807, 2.05) is 0 Å². The lowest BCUT2D eigenvalue weighted by Crippen LogP contribution is -2.21. The van der Waals surface area contributed by atoms with Gasteiger partial charge in [-0.25, -0.2) is 0 Å². The Hall–Kier alpha value is -0.300. The number of hydrogen-bond acceptors (Lipinski definition) is 1. The summed E-state index contributed by atoms with van der Waals surface area (Å²) in [7, 11) is 2.26. The van der Waals surface area contributed by atoms with Crippen LogP contribution in [0.15, 0.2) is 12.7 Å². The van der Waals surface area contributed by atoms with Crippen LogP contribution in [0.3, 0.4) is 0 Å². The van der Waals surface area contributed by atoms with Crippen molar-refractivity contribution in [3.8, 4) is 0 Å². The highest BCUT2D eigenvalue weighted by Gasteiger charge is 2.08. The first kappa shape index (κ1) is 16.7. The first-order valence-electron chi connectivity index (χ1n) is 7.42. The van der Waals surface area contributed by atoms with Gasteiger partial charge in [-0.2, -0.15) is 0 Å². The molecule has 0 spiro atoms. The molecule has 1 heteroatoms. The van der Waals surface area contributed by atoms with E-state index >= 15 is 0 Å². The van der Waals surface area contributed by atoms with Crippen molar-refractivity contribution in [3.05, 3.63) is 12.7 Å². The van der Waals surface area contributed by atoms with Crippen LogP contribution in [-0.2, 0) is 0 Å². The Kier molecular flexibility index (Phi) is 10.6. The molecule has 0 aliphatic heterocycles. The molecular formula is C16H33N. The Bertz CT molecular complexity index is 176. The summed E-state index contributed by atoms with van der Waals surface area (Å²) >= 11 is 0. The van der Waals surface area contributed by atoms with Crippen molar-refractivity contribution in [2.24, 2.45) is 11.8 Å². The minimum Gasteiger partial charge on any atom is -0.306 e. The molecule has 2 unspecified atom stereocenters. The Morgan fingerprint density at radius 3 is 2.29 bits per heavy atom. The quantitative estimate of drug-likeness (QED) is 0.372. The van der Waals surface area contributed by atoms with Crippen LogP contribution < -0.4 is 0 Å². The lowest BCUT2D eigenvalue weighted by molar-refractivity contribution is 0.298. The normalized spacial score (nSPS) is 14.9. The van der Waals surface area contributed by atoms with Gasteiger partial charge in [0.15, 0.2) is 0 Å². The van der Waals surface area contributed by atoms with Gasteiger partial charge in [0.2, 0.25) is 0 Å². The Morgan fingerprint density at radius 1 is 1.06 bits per heavy atom. The molecule has 0 saturated heterocycles. The molecule has 0 heterocycles. The van der Waals surface area contributed by atoms with Gasteiger partial charge in [-0.05, 0) is 51.2 Å². The molecule has 2 atom stereocenters. The highest BCUT2D eigenvalue weighted by Crippen LogP contribution is 2.17. The number of allylic oxidation sites excluding steroid dienone is 1. The molecule has 1 nitrogen and oxygen atoms in total. The lowest BCUT2D eigenvalue weighted by Gasteiger charge is -2.20. The van der Waals surface area contributed by atoms with Gasteiger partial charge < -0.3 is 4.90 Å². The van der Waals surface area contributed by atoms with Gasteiger partial charge in [0.25, 0.3) is 0 Å². The number of nitrogens with zero attached hydrogens (tertiary/aromatic N) is 1. The highest BCUT2D eigenvalue weighted by atomic mass is 15.1. The van der Waals surface area contributed by atoms with Gasteiger partial charge in [-0.1, -0.05) is 46.1 Å². The summed E-state index contributed by atoms with van der Waals surface area (Å²) in [5, 5.41) is 0. The van der Waals surface area contributed by atoms with Crippen molar-refractivity contribution in [2.45, 2.75) is 59.3 Å². The molecule has 0 amide bonds. The molecule has 0 saturated carbocycles.